The van der Waals surface area contributed by atoms with E-state index in [0.29, 0.717) is 23.5 Å². The minimum Gasteiger partial charge on any atom is -0.480 e. The summed E-state index contributed by atoms with van der Waals surface area (Å²) in [4.78, 5) is 24.3. The lowest BCUT2D eigenvalue weighted by Gasteiger charge is -2.23. The minimum absolute atomic E-state index is 0.325. The van der Waals surface area contributed by atoms with Gasteiger partial charge in [-0.15, -0.1) is 0 Å². The van der Waals surface area contributed by atoms with Crippen molar-refractivity contribution in [3.63, 3.8) is 0 Å². The first kappa shape index (κ1) is 13.3. The smallest absolute Gasteiger partial charge is 0.326 e. The summed E-state index contributed by atoms with van der Waals surface area (Å²) < 4.78 is 5.26. The van der Waals surface area contributed by atoms with Crippen LogP contribution in [0.5, 0.6) is 0 Å². The van der Waals surface area contributed by atoms with E-state index in [4.69, 9.17) is 9.52 Å². The van der Waals surface area contributed by atoms with Gasteiger partial charge < -0.3 is 14.4 Å². The van der Waals surface area contributed by atoms with E-state index >= 15 is 0 Å². The van der Waals surface area contributed by atoms with Gasteiger partial charge in [0.1, 0.15) is 17.6 Å². The summed E-state index contributed by atoms with van der Waals surface area (Å²) in [5.41, 5.74) is 0.421. The first-order valence-electron chi connectivity index (χ1n) is 5.45. The number of aryl methyl sites for hydroxylation is 2. The molecule has 0 aromatic carbocycles. The van der Waals surface area contributed by atoms with Gasteiger partial charge in [0.25, 0.3) is 5.91 Å². The molecule has 1 aromatic heterocycles. The lowest BCUT2D eigenvalue weighted by atomic mass is 10.1. The fourth-order valence-electron chi connectivity index (χ4n) is 1.79. The Labute approximate surface area is 100 Å². The van der Waals surface area contributed by atoms with Crippen molar-refractivity contribution >= 4 is 11.9 Å². The second-order valence-corrected chi connectivity index (χ2v) is 4.01. The topological polar surface area (TPSA) is 70.8 Å². The second-order valence-electron chi connectivity index (χ2n) is 4.01. The number of carbonyl (C=O) groups excluding carboxylic acids is 1. The van der Waals surface area contributed by atoms with Crippen LogP contribution in [0.3, 0.4) is 0 Å². The molecule has 1 atom stereocenters. The summed E-state index contributed by atoms with van der Waals surface area (Å²) >= 11 is 0. The van der Waals surface area contributed by atoms with Gasteiger partial charge in [-0.25, -0.2) is 4.79 Å². The Balaban J connectivity index is 2.97. The van der Waals surface area contributed by atoms with Crippen molar-refractivity contribution in [1.82, 2.24) is 4.90 Å². The number of furan rings is 1. The molecule has 1 heterocycles. The zero-order valence-corrected chi connectivity index (χ0v) is 10.5. The molecular formula is C12H17NO4. The zero-order chi connectivity index (χ0) is 13.2. The van der Waals surface area contributed by atoms with Crippen molar-refractivity contribution in [3.8, 4) is 0 Å². The normalized spacial score (nSPS) is 12.2. The fraction of sp³-hybridized carbons (Fsp3) is 0.500. The molecule has 1 amide bonds. The summed E-state index contributed by atoms with van der Waals surface area (Å²) in [7, 11) is 1.49. The Morgan fingerprint density at radius 2 is 2.06 bits per heavy atom. The Kier molecular flexibility index (Phi) is 3.93. The van der Waals surface area contributed by atoms with Crippen LogP contribution < -0.4 is 0 Å². The molecule has 0 aliphatic rings. The van der Waals surface area contributed by atoms with Gasteiger partial charge in [0.2, 0.25) is 0 Å². The van der Waals surface area contributed by atoms with E-state index < -0.39 is 12.0 Å². The SMILES string of the molecule is CCC(C(=O)O)N(C)C(=O)c1cc(C)oc1C. The molecule has 1 unspecified atom stereocenters. The Morgan fingerprint density at radius 1 is 1.47 bits per heavy atom. The predicted octanol–water partition coefficient (Wildman–Crippen LogP) is 1.83. The molecule has 0 fully saturated rings. The summed E-state index contributed by atoms with van der Waals surface area (Å²) in [6.07, 6.45) is 0.369. The zero-order valence-electron chi connectivity index (χ0n) is 10.5. The quantitative estimate of drug-likeness (QED) is 0.870. The van der Waals surface area contributed by atoms with Gasteiger partial charge in [-0.2, -0.15) is 0 Å². The molecule has 17 heavy (non-hydrogen) atoms. The predicted molar refractivity (Wildman–Crippen MR) is 62.0 cm³/mol. The van der Waals surface area contributed by atoms with E-state index in [1.165, 1.54) is 11.9 Å². The first-order chi connectivity index (χ1) is 7.88. The highest BCUT2D eigenvalue weighted by Crippen LogP contribution is 2.17. The van der Waals surface area contributed by atoms with E-state index in [-0.39, 0.29) is 5.91 Å². The average molecular weight is 239 g/mol. The summed E-state index contributed by atoms with van der Waals surface area (Å²) in [6, 6.07) is 0.819. The Hall–Kier alpha value is -1.78. The van der Waals surface area contributed by atoms with E-state index in [1.54, 1.807) is 26.8 Å². The highest BCUT2D eigenvalue weighted by molar-refractivity contribution is 5.97. The van der Waals surface area contributed by atoms with Crippen LogP contribution in [-0.2, 0) is 4.79 Å². The van der Waals surface area contributed by atoms with Gasteiger partial charge in [-0.05, 0) is 26.3 Å². The standard InChI is InChI=1S/C12H17NO4/c1-5-10(12(15)16)13(4)11(14)9-6-7(2)17-8(9)3/h6,10H,5H2,1-4H3,(H,15,16). The van der Waals surface area contributed by atoms with Crippen LogP contribution in [0.25, 0.3) is 0 Å². The van der Waals surface area contributed by atoms with Crippen molar-refractivity contribution in [1.29, 1.82) is 0 Å². The monoisotopic (exact) mass is 239 g/mol. The maximum absolute atomic E-state index is 12.1. The van der Waals surface area contributed by atoms with Crippen molar-refractivity contribution in [2.75, 3.05) is 7.05 Å². The molecule has 0 spiro atoms. The lowest BCUT2D eigenvalue weighted by Crippen LogP contribution is -2.42. The molecule has 0 aliphatic heterocycles. The maximum Gasteiger partial charge on any atom is 0.326 e. The van der Waals surface area contributed by atoms with Crippen molar-refractivity contribution in [2.45, 2.75) is 33.2 Å². The molecule has 1 rings (SSSR count). The van der Waals surface area contributed by atoms with Gasteiger partial charge in [0, 0.05) is 7.05 Å². The molecule has 1 N–H and O–H groups in total. The lowest BCUT2D eigenvalue weighted by molar-refractivity contribution is -0.142. The third kappa shape index (κ3) is 2.67. The Morgan fingerprint density at radius 3 is 2.41 bits per heavy atom. The number of aliphatic carboxylic acids is 1. The van der Waals surface area contributed by atoms with Crippen LogP contribution in [0.4, 0.5) is 0 Å². The van der Waals surface area contributed by atoms with Gasteiger partial charge in [0.05, 0.1) is 5.56 Å². The number of rotatable bonds is 4. The molecule has 0 saturated carbocycles. The molecule has 5 nitrogen and oxygen atoms in total. The maximum atomic E-state index is 12.1. The number of hydrogen-bond donors (Lipinski definition) is 1. The highest BCUT2D eigenvalue weighted by atomic mass is 16.4. The molecule has 0 radical (unpaired) electrons. The van der Waals surface area contributed by atoms with Crippen molar-refractivity contribution < 1.29 is 19.1 Å². The number of carboxylic acids is 1. The number of nitrogens with zero attached hydrogens (tertiary/aromatic N) is 1. The third-order valence-electron chi connectivity index (χ3n) is 2.73. The van der Waals surface area contributed by atoms with E-state index in [0.717, 1.165) is 0 Å². The molecule has 0 aliphatic carbocycles. The van der Waals surface area contributed by atoms with E-state index in [9.17, 15) is 9.59 Å². The fourth-order valence-corrected chi connectivity index (χ4v) is 1.79. The second kappa shape index (κ2) is 5.03. The van der Waals surface area contributed by atoms with Crippen molar-refractivity contribution in [3.05, 3.63) is 23.2 Å². The highest BCUT2D eigenvalue weighted by Gasteiger charge is 2.27. The number of hydrogen-bond acceptors (Lipinski definition) is 3. The van der Waals surface area contributed by atoms with Gasteiger partial charge >= 0.3 is 5.97 Å². The number of carbonyl (C=O) groups is 2. The molecule has 0 saturated heterocycles. The van der Waals surface area contributed by atoms with Crippen LogP contribution in [0.15, 0.2) is 10.5 Å². The van der Waals surface area contributed by atoms with Gasteiger partial charge in [0.15, 0.2) is 0 Å². The minimum atomic E-state index is -0.999. The summed E-state index contributed by atoms with van der Waals surface area (Å²) in [5, 5.41) is 9.00. The van der Waals surface area contributed by atoms with Crippen LogP contribution in [-0.4, -0.2) is 35.0 Å². The molecule has 5 heteroatoms. The van der Waals surface area contributed by atoms with Gasteiger partial charge in [-0.1, -0.05) is 6.92 Å². The van der Waals surface area contributed by atoms with E-state index in [1.807, 2.05) is 0 Å². The number of carboxylic acid groups (broad SMARTS) is 1. The Bertz CT molecular complexity index is 436. The molecule has 0 bridgehead atoms. The van der Waals surface area contributed by atoms with E-state index in [2.05, 4.69) is 0 Å². The third-order valence-corrected chi connectivity index (χ3v) is 2.73. The van der Waals surface area contributed by atoms with Crippen LogP contribution in [0.1, 0.15) is 35.2 Å². The molecular weight excluding hydrogens is 222 g/mol. The van der Waals surface area contributed by atoms with Crippen LogP contribution >= 0.6 is 0 Å². The van der Waals surface area contributed by atoms with Gasteiger partial charge in [-0.3, -0.25) is 4.79 Å². The van der Waals surface area contributed by atoms with Crippen molar-refractivity contribution in [2.24, 2.45) is 0 Å². The van der Waals surface area contributed by atoms with Crippen LogP contribution in [0, 0.1) is 13.8 Å². The summed E-state index contributed by atoms with van der Waals surface area (Å²) in [5.74, 6) is -0.169. The average Bonchev–Trinajstić information content (AvgIpc) is 2.57. The number of amides is 1. The van der Waals surface area contributed by atoms with Crippen LogP contribution in [0.2, 0.25) is 0 Å². The first-order valence-corrected chi connectivity index (χ1v) is 5.45. The number of likely N-dealkylation sites (N-methyl/N-ethyl adjacent to an activating group) is 1. The largest absolute Gasteiger partial charge is 0.480 e. The molecule has 94 valence electrons. The summed E-state index contributed by atoms with van der Waals surface area (Å²) in [6.45, 7) is 5.17. The molecule has 1 aromatic rings.